The molecule has 1 amide bonds. The van der Waals surface area contributed by atoms with E-state index in [0.29, 0.717) is 0 Å². The maximum atomic E-state index is 11.2. The van der Waals surface area contributed by atoms with Crippen molar-refractivity contribution in [1.29, 1.82) is 0 Å². The second kappa shape index (κ2) is 6.39. The van der Waals surface area contributed by atoms with Gasteiger partial charge in [0.25, 0.3) is 0 Å². The van der Waals surface area contributed by atoms with Gasteiger partial charge >= 0.3 is 0 Å². The number of hydrogen-bond acceptors (Lipinski definition) is 5. The molecule has 1 N–H and O–H groups in total. The van der Waals surface area contributed by atoms with E-state index in [1.807, 2.05) is 39.0 Å². The quantitative estimate of drug-likeness (QED) is 0.877. The number of benzene rings is 1. The van der Waals surface area contributed by atoms with Gasteiger partial charge in [-0.15, -0.1) is 0 Å². The molecule has 6 nitrogen and oxygen atoms in total. The Bertz CT molecular complexity index is 824. The largest absolute Gasteiger partial charge is 0.326 e. The SMILES string of the molecule is CC(=O)Nc1ccc2c(c1)CCN2c1ncnc(C)c1N=C(C)C. The molecule has 2 heterocycles. The summed E-state index contributed by atoms with van der Waals surface area (Å²) in [6.45, 7) is 8.23. The summed E-state index contributed by atoms with van der Waals surface area (Å²) in [5, 5.41) is 2.83. The molecule has 0 bridgehead atoms. The van der Waals surface area contributed by atoms with Crippen LogP contribution in [0, 0.1) is 6.92 Å². The van der Waals surface area contributed by atoms with Gasteiger partial charge in [-0.05, 0) is 51.0 Å². The van der Waals surface area contributed by atoms with Crippen LogP contribution >= 0.6 is 0 Å². The van der Waals surface area contributed by atoms with Gasteiger partial charge in [-0.3, -0.25) is 9.79 Å². The lowest BCUT2D eigenvalue weighted by atomic mass is 10.1. The fourth-order valence-electron chi connectivity index (χ4n) is 2.91. The highest BCUT2D eigenvalue weighted by molar-refractivity contribution is 5.90. The van der Waals surface area contributed by atoms with E-state index in [1.54, 1.807) is 6.33 Å². The van der Waals surface area contributed by atoms with Gasteiger partial charge in [0.1, 0.15) is 12.0 Å². The number of aromatic nitrogens is 2. The molecule has 0 saturated carbocycles. The molecule has 0 aliphatic carbocycles. The number of carbonyl (C=O) groups is 1. The molecule has 0 fully saturated rings. The van der Waals surface area contributed by atoms with Crippen molar-refractivity contribution in [3.63, 3.8) is 0 Å². The monoisotopic (exact) mass is 323 g/mol. The molecular weight excluding hydrogens is 302 g/mol. The summed E-state index contributed by atoms with van der Waals surface area (Å²) in [5.74, 6) is 0.765. The molecule has 1 aromatic carbocycles. The van der Waals surface area contributed by atoms with Crippen molar-refractivity contribution < 1.29 is 4.79 Å². The van der Waals surface area contributed by atoms with Crippen LogP contribution < -0.4 is 10.2 Å². The van der Waals surface area contributed by atoms with E-state index in [0.717, 1.165) is 47.3 Å². The Morgan fingerprint density at radius 2 is 2.04 bits per heavy atom. The normalized spacial score (nSPS) is 12.8. The predicted molar refractivity (Wildman–Crippen MR) is 96.7 cm³/mol. The summed E-state index contributed by atoms with van der Waals surface area (Å²) >= 11 is 0. The number of nitrogens with one attached hydrogen (secondary N) is 1. The molecule has 0 radical (unpaired) electrons. The number of hydrogen-bond donors (Lipinski definition) is 1. The lowest BCUT2D eigenvalue weighted by Crippen LogP contribution is -2.15. The van der Waals surface area contributed by atoms with Crippen LogP contribution in [0.4, 0.5) is 22.9 Å². The maximum absolute atomic E-state index is 11.2. The highest BCUT2D eigenvalue weighted by Gasteiger charge is 2.25. The summed E-state index contributed by atoms with van der Waals surface area (Å²) in [4.78, 5) is 26.8. The first-order chi connectivity index (χ1) is 11.5. The van der Waals surface area contributed by atoms with Gasteiger partial charge < -0.3 is 10.2 Å². The zero-order chi connectivity index (χ0) is 17.3. The molecule has 0 atom stereocenters. The van der Waals surface area contributed by atoms with E-state index in [9.17, 15) is 4.79 Å². The first kappa shape index (κ1) is 16.1. The lowest BCUT2D eigenvalue weighted by molar-refractivity contribution is -0.114. The first-order valence-corrected chi connectivity index (χ1v) is 7.97. The second-order valence-corrected chi connectivity index (χ2v) is 6.12. The van der Waals surface area contributed by atoms with Gasteiger partial charge in [-0.1, -0.05) is 0 Å². The minimum absolute atomic E-state index is 0.0636. The molecule has 0 unspecified atom stereocenters. The Morgan fingerprint density at radius 3 is 2.75 bits per heavy atom. The Kier molecular flexibility index (Phi) is 4.29. The lowest BCUT2D eigenvalue weighted by Gasteiger charge is -2.21. The molecule has 0 spiro atoms. The van der Waals surface area contributed by atoms with Gasteiger partial charge in [0.05, 0.1) is 5.69 Å². The van der Waals surface area contributed by atoms with Crippen LogP contribution in [-0.4, -0.2) is 28.1 Å². The summed E-state index contributed by atoms with van der Waals surface area (Å²) in [5.41, 5.74) is 5.77. The molecule has 6 heteroatoms. The number of rotatable bonds is 3. The van der Waals surface area contributed by atoms with Crippen LogP contribution in [0.2, 0.25) is 0 Å². The van der Waals surface area contributed by atoms with Crippen molar-refractivity contribution in [2.45, 2.75) is 34.1 Å². The Labute approximate surface area is 141 Å². The highest BCUT2D eigenvalue weighted by atomic mass is 16.1. The third-order valence-electron chi connectivity index (χ3n) is 3.87. The topological polar surface area (TPSA) is 70.5 Å². The van der Waals surface area contributed by atoms with Crippen LogP contribution in [0.3, 0.4) is 0 Å². The fourth-order valence-corrected chi connectivity index (χ4v) is 2.91. The van der Waals surface area contributed by atoms with Gasteiger partial charge in [0.15, 0.2) is 5.82 Å². The summed E-state index contributed by atoms with van der Waals surface area (Å²) in [6.07, 6.45) is 2.48. The molecule has 0 saturated heterocycles. The molecule has 3 rings (SSSR count). The van der Waals surface area contributed by atoms with Crippen molar-refractivity contribution in [2.75, 3.05) is 16.8 Å². The van der Waals surface area contributed by atoms with Crippen molar-refractivity contribution in [1.82, 2.24) is 9.97 Å². The molecule has 1 aromatic heterocycles. The fraction of sp³-hybridized carbons (Fsp3) is 0.333. The molecule has 1 aliphatic heterocycles. The molecule has 2 aromatic rings. The Hall–Kier alpha value is -2.76. The zero-order valence-electron chi connectivity index (χ0n) is 14.4. The summed E-state index contributed by atoms with van der Waals surface area (Å²) < 4.78 is 0. The number of anilines is 3. The first-order valence-electron chi connectivity index (χ1n) is 7.97. The molecule has 1 aliphatic rings. The standard InChI is InChI=1S/C18H21N5O/c1-11(2)21-17-12(3)19-10-20-18(17)23-8-7-14-9-15(22-13(4)24)5-6-16(14)23/h5-6,9-10H,7-8H2,1-4H3,(H,22,24). The number of aliphatic imine (C=N–C) groups is 1. The van der Waals surface area contributed by atoms with Crippen molar-refractivity contribution >= 4 is 34.5 Å². The van der Waals surface area contributed by atoms with Gasteiger partial charge in [0.2, 0.25) is 5.91 Å². The van der Waals surface area contributed by atoms with Crippen molar-refractivity contribution in [3.05, 3.63) is 35.8 Å². The van der Waals surface area contributed by atoms with Crippen molar-refractivity contribution in [2.24, 2.45) is 4.99 Å². The zero-order valence-corrected chi connectivity index (χ0v) is 14.4. The summed E-state index contributed by atoms with van der Waals surface area (Å²) in [6, 6.07) is 5.97. The average Bonchev–Trinajstić information content (AvgIpc) is 2.91. The third kappa shape index (κ3) is 3.13. The van der Waals surface area contributed by atoms with E-state index in [4.69, 9.17) is 0 Å². The highest BCUT2D eigenvalue weighted by Crippen LogP contribution is 2.39. The Balaban J connectivity index is 2.02. The number of fused-ring (bicyclic) bond motifs is 1. The second-order valence-electron chi connectivity index (χ2n) is 6.12. The third-order valence-corrected chi connectivity index (χ3v) is 3.87. The van der Waals surface area contributed by atoms with Gasteiger partial charge in [0, 0.05) is 30.6 Å². The minimum atomic E-state index is -0.0636. The summed E-state index contributed by atoms with van der Waals surface area (Å²) in [7, 11) is 0. The van der Waals surface area contributed by atoms with Crippen LogP contribution in [0.1, 0.15) is 32.0 Å². The van der Waals surface area contributed by atoms with E-state index >= 15 is 0 Å². The average molecular weight is 323 g/mol. The molecular formula is C18H21N5O. The van der Waals surface area contributed by atoms with Crippen molar-refractivity contribution in [3.8, 4) is 0 Å². The predicted octanol–water partition coefficient (Wildman–Crippen LogP) is 3.55. The Morgan fingerprint density at radius 1 is 1.25 bits per heavy atom. The van der Waals surface area contributed by atoms with Gasteiger partial charge in [-0.2, -0.15) is 0 Å². The molecule has 24 heavy (non-hydrogen) atoms. The number of aryl methyl sites for hydroxylation is 1. The van der Waals surface area contributed by atoms with E-state index in [2.05, 4.69) is 25.2 Å². The smallest absolute Gasteiger partial charge is 0.221 e. The molecule has 124 valence electrons. The number of amides is 1. The van der Waals surface area contributed by atoms with E-state index < -0.39 is 0 Å². The maximum Gasteiger partial charge on any atom is 0.221 e. The van der Waals surface area contributed by atoms with E-state index in [-0.39, 0.29) is 5.91 Å². The number of nitrogens with zero attached hydrogens (tertiary/aromatic N) is 4. The van der Waals surface area contributed by atoms with Crippen LogP contribution in [0.15, 0.2) is 29.5 Å². The van der Waals surface area contributed by atoms with Crippen LogP contribution in [0.5, 0.6) is 0 Å². The van der Waals surface area contributed by atoms with Crippen LogP contribution in [-0.2, 0) is 11.2 Å². The van der Waals surface area contributed by atoms with Gasteiger partial charge in [-0.25, -0.2) is 9.97 Å². The van der Waals surface area contributed by atoms with E-state index in [1.165, 1.54) is 12.5 Å². The minimum Gasteiger partial charge on any atom is -0.326 e. The number of carbonyl (C=O) groups excluding carboxylic acids is 1. The van der Waals surface area contributed by atoms with Crippen LogP contribution in [0.25, 0.3) is 0 Å².